The van der Waals surface area contributed by atoms with Gasteiger partial charge in [0.2, 0.25) is 0 Å². The van der Waals surface area contributed by atoms with Gasteiger partial charge in [-0.05, 0) is 61.4 Å². The lowest BCUT2D eigenvalue weighted by atomic mass is 10.1. The third-order valence-electron chi connectivity index (χ3n) is 3.59. The number of ether oxygens (including phenoxy) is 2. The van der Waals surface area contributed by atoms with Crippen molar-refractivity contribution in [2.75, 3.05) is 25.6 Å². The molecule has 0 aromatic heterocycles. The van der Waals surface area contributed by atoms with E-state index in [-0.39, 0.29) is 11.5 Å². The Morgan fingerprint density at radius 2 is 1.76 bits per heavy atom. The minimum Gasteiger partial charge on any atom is -0.491 e. The van der Waals surface area contributed by atoms with Crippen LogP contribution in [-0.2, 0) is 4.74 Å². The van der Waals surface area contributed by atoms with Crippen LogP contribution < -0.4 is 10.1 Å². The lowest BCUT2D eigenvalue weighted by molar-refractivity contribution is 0.0696. The molecule has 0 spiro atoms. The first kappa shape index (κ1) is 18.5. The number of aryl methyl sites for hydroxylation is 2. The number of carbonyl (C=O) groups is 2. The molecule has 0 aliphatic heterocycles. The van der Waals surface area contributed by atoms with Crippen molar-refractivity contribution in [1.29, 1.82) is 0 Å². The van der Waals surface area contributed by atoms with Gasteiger partial charge in [-0.3, -0.25) is 4.79 Å². The Labute approximate surface area is 146 Å². The van der Waals surface area contributed by atoms with Gasteiger partial charge in [0.25, 0.3) is 5.91 Å². The van der Waals surface area contributed by atoms with Crippen LogP contribution in [0, 0.1) is 13.8 Å². The second kappa shape index (κ2) is 8.30. The lowest BCUT2D eigenvalue weighted by Gasteiger charge is -2.12. The lowest BCUT2D eigenvalue weighted by Crippen LogP contribution is -2.14. The number of hydrogen-bond donors (Lipinski definition) is 2. The fourth-order valence-corrected chi connectivity index (χ4v) is 2.34. The number of benzene rings is 2. The summed E-state index contributed by atoms with van der Waals surface area (Å²) in [4.78, 5) is 23.6. The molecule has 0 aliphatic carbocycles. The zero-order valence-electron chi connectivity index (χ0n) is 14.5. The second-order valence-corrected chi connectivity index (χ2v) is 5.66. The highest BCUT2D eigenvalue weighted by Crippen LogP contribution is 2.22. The average Bonchev–Trinajstić information content (AvgIpc) is 2.56. The van der Waals surface area contributed by atoms with E-state index >= 15 is 0 Å². The van der Waals surface area contributed by atoms with Gasteiger partial charge in [0.05, 0.1) is 12.2 Å². The van der Waals surface area contributed by atoms with Crippen molar-refractivity contribution in [1.82, 2.24) is 0 Å². The fraction of sp³-hybridized carbons (Fsp3) is 0.263. The minimum absolute atomic E-state index is 0.0868. The number of amides is 1. The van der Waals surface area contributed by atoms with Gasteiger partial charge in [0, 0.05) is 18.4 Å². The van der Waals surface area contributed by atoms with Crippen molar-refractivity contribution < 1.29 is 24.2 Å². The van der Waals surface area contributed by atoms with Gasteiger partial charge in [-0.25, -0.2) is 4.79 Å². The van der Waals surface area contributed by atoms with Gasteiger partial charge < -0.3 is 19.9 Å². The molecule has 0 saturated carbocycles. The SMILES string of the molecule is COCCOc1ccc(NC(=O)c2cc(C)cc(C(=O)O)c2)c(C)c1. The third kappa shape index (κ3) is 5.06. The van der Waals surface area contributed by atoms with Crippen molar-refractivity contribution in [3.63, 3.8) is 0 Å². The van der Waals surface area contributed by atoms with Crippen LogP contribution in [0.4, 0.5) is 5.69 Å². The quantitative estimate of drug-likeness (QED) is 0.754. The van der Waals surface area contributed by atoms with Gasteiger partial charge in [0.1, 0.15) is 12.4 Å². The van der Waals surface area contributed by atoms with Crippen LogP contribution >= 0.6 is 0 Å². The average molecular weight is 343 g/mol. The molecular formula is C19H21NO5. The summed E-state index contributed by atoms with van der Waals surface area (Å²) in [5.74, 6) is -0.731. The first-order valence-corrected chi connectivity index (χ1v) is 7.79. The monoisotopic (exact) mass is 343 g/mol. The van der Waals surface area contributed by atoms with E-state index in [2.05, 4.69) is 5.32 Å². The molecule has 6 heteroatoms. The molecule has 2 N–H and O–H groups in total. The molecule has 0 radical (unpaired) electrons. The summed E-state index contributed by atoms with van der Waals surface area (Å²) in [6.07, 6.45) is 0. The summed E-state index contributed by atoms with van der Waals surface area (Å²) in [7, 11) is 1.61. The fourth-order valence-electron chi connectivity index (χ4n) is 2.34. The molecule has 6 nitrogen and oxygen atoms in total. The Morgan fingerprint density at radius 1 is 1.04 bits per heavy atom. The standard InChI is InChI=1S/C19H21NO5/c1-12-8-14(11-15(9-12)19(22)23)18(21)20-17-5-4-16(10-13(17)2)25-7-6-24-3/h4-5,8-11H,6-7H2,1-3H3,(H,20,21)(H,22,23). The number of aromatic carboxylic acids is 1. The van der Waals surface area contributed by atoms with Gasteiger partial charge >= 0.3 is 5.97 Å². The van der Waals surface area contributed by atoms with Gasteiger partial charge in [-0.2, -0.15) is 0 Å². The predicted octanol–water partition coefficient (Wildman–Crippen LogP) is 3.28. The van der Waals surface area contributed by atoms with Crippen LogP contribution in [0.5, 0.6) is 5.75 Å². The van der Waals surface area contributed by atoms with E-state index in [1.807, 2.05) is 13.0 Å². The van der Waals surface area contributed by atoms with E-state index in [4.69, 9.17) is 14.6 Å². The summed E-state index contributed by atoms with van der Waals surface area (Å²) < 4.78 is 10.5. The number of carboxylic acids is 1. The molecule has 25 heavy (non-hydrogen) atoms. The molecule has 0 bridgehead atoms. The second-order valence-electron chi connectivity index (χ2n) is 5.66. The van der Waals surface area contributed by atoms with Gasteiger partial charge in [-0.15, -0.1) is 0 Å². The molecule has 0 saturated heterocycles. The zero-order chi connectivity index (χ0) is 18.4. The number of anilines is 1. The topological polar surface area (TPSA) is 84.9 Å². The van der Waals surface area contributed by atoms with Gasteiger partial charge in [-0.1, -0.05) is 0 Å². The summed E-state index contributed by atoms with van der Waals surface area (Å²) >= 11 is 0. The molecule has 1 amide bonds. The van der Waals surface area contributed by atoms with Crippen LogP contribution in [0.1, 0.15) is 31.8 Å². The van der Waals surface area contributed by atoms with E-state index in [1.165, 1.54) is 12.1 Å². The normalized spacial score (nSPS) is 10.4. The molecule has 0 atom stereocenters. The van der Waals surface area contributed by atoms with Crippen LogP contribution in [-0.4, -0.2) is 37.3 Å². The molecule has 0 unspecified atom stereocenters. The Morgan fingerprint density at radius 3 is 2.40 bits per heavy atom. The van der Waals surface area contributed by atoms with E-state index in [0.717, 1.165) is 5.56 Å². The number of carboxylic acid groups (broad SMARTS) is 1. The van der Waals surface area contributed by atoms with E-state index in [1.54, 1.807) is 32.2 Å². The van der Waals surface area contributed by atoms with Crippen LogP contribution in [0.3, 0.4) is 0 Å². The maximum Gasteiger partial charge on any atom is 0.335 e. The molecule has 2 rings (SSSR count). The first-order chi connectivity index (χ1) is 11.9. The molecule has 0 fully saturated rings. The number of methoxy groups -OCH3 is 1. The van der Waals surface area contributed by atoms with Crippen molar-refractivity contribution in [3.05, 3.63) is 58.7 Å². The maximum absolute atomic E-state index is 12.4. The van der Waals surface area contributed by atoms with E-state index in [0.29, 0.717) is 35.8 Å². The van der Waals surface area contributed by atoms with Crippen LogP contribution in [0.2, 0.25) is 0 Å². The van der Waals surface area contributed by atoms with Gasteiger partial charge in [0.15, 0.2) is 0 Å². The van der Waals surface area contributed by atoms with E-state index in [9.17, 15) is 9.59 Å². The smallest absolute Gasteiger partial charge is 0.335 e. The molecule has 2 aromatic rings. The van der Waals surface area contributed by atoms with E-state index < -0.39 is 5.97 Å². The largest absolute Gasteiger partial charge is 0.491 e. The highest BCUT2D eigenvalue weighted by Gasteiger charge is 2.12. The molecular weight excluding hydrogens is 322 g/mol. The molecule has 132 valence electrons. The van der Waals surface area contributed by atoms with Crippen molar-refractivity contribution in [2.24, 2.45) is 0 Å². The first-order valence-electron chi connectivity index (χ1n) is 7.79. The maximum atomic E-state index is 12.4. The molecule has 0 heterocycles. The highest BCUT2D eigenvalue weighted by molar-refractivity contribution is 6.06. The third-order valence-corrected chi connectivity index (χ3v) is 3.59. The number of hydrogen-bond acceptors (Lipinski definition) is 4. The van der Waals surface area contributed by atoms with Crippen molar-refractivity contribution in [3.8, 4) is 5.75 Å². The summed E-state index contributed by atoms with van der Waals surface area (Å²) in [5.41, 5.74) is 2.58. The Kier molecular flexibility index (Phi) is 6.14. The number of nitrogens with one attached hydrogen (secondary N) is 1. The summed E-state index contributed by atoms with van der Waals surface area (Å²) in [6.45, 7) is 4.55. The molecule has 2 aromatic carbocycles. The zero-order valence-corrected chi connectivity index (χ0v) is 14.5. The number of rotatable bonds is 7. The Hall–Kier alpha value is -2.86. The van der Waals surface area contributed by atoms with Crippen LogP contribution in [0.25, 0.3) is 0 Å². The van der Waals surface area contributed by atoms with Crippen molar-refractivity contribution in [2.45, 2.75) is 13.8 Å². The Bertz CT molecular complexity index is 785. The minimum atomic E-state index is -1.06. The summed E-state index contributed by atoms with van der Waals surface area (Å²) in [6, 6.07) is 9.88. The predicted molar refractivity (Wildman–Crippen MR) is 94.6 cm³/mol. The van der Waals surface area contributed by atoms with Crippen LogP contribution in [0.15, 0.2) is 36.4 Å². The Balaban J connectivity index is 2.14. The highest BCUT2D eigenvalue weighted by atomic mass is 16.5. The molecule has 0 aliphatic rings. The number of carbonyl (C=O) groups excluding carboxylic acids is 1. The van der Waals surface area contributed by atoms with Crippen molar-refractivity contribution >= 4 is 17.6 Å². The summed E-state index contributed by atoms with van der Waals surface area (Å²) in [5, 5.41) is 11.9.